The number of hydrogen-bond donors (Lipinski definition) is 0. The number of carbonyl (C=O) groups is 1. The summed E-state index contributed by atoms with van der Waals surface area (Å²) in [5, 5.41) is 2.00. The largest absolute Gasteiger partial charge is 0.302 e. The van der Waals surface area contributed by atoms with E-state index in [1.54, 1.807) is 11.3 Å². The van der Waals surface area contributed by atoms with E-state index in [0.717, 1.165) is 11.2 Å². The van der Waals surface area contributed by atoms with Crippen molar-refractivity contribution >= 4 is 17.6 Å². The van der Waals surface area contributed by atoms with Crippen molar-refractivity contribution in [1.29, 1.82) is 0 Å². The molecule has 56 valence electrons. The minimum atomic E-state index is 0.331. The third-order valence-electron chi connectivity index (χ3n) is 1.25. The van der Waals surface area contributed by atoms with Gasteiger partial charge in [0.05, 0.1) is 11.3 Å². The second kappa shape index (κ2) is 3.95. The summed E-state index contributed by atoms with van der Waals surface area (Å²) in [4.78, 5) is 11.0. The van der Waals surface area contributed by atoms with Crippen LogP contribution in [-0.2, 0) is 4.79 Å². The highest BCUT2D eigenvalue weighted by molar-refractivity contribution is 7.10. The van der Waals surface area contributed by atoms with Gasteiger partial charge in [0.15, 0.2) is 0 Å². The van der Waals surface area contributed by atoms with E-state index in [1.807, 2.05) is 18.4 Å². The summed E-state index contributed by atoms with van der Waals surface area (Å²) >= 11 is 1.61. The first-order valence-electron chi connectivity index (χ1n) is 3.31. The topological polar surface area (TPSA) is 17.1 Å². The van der Waals surface area contributed by atoms with Gasteiger partial charge in [0.1, 0.15) is 6.29 Å². The van der Waals surface area contributed by atoms with E-state index in [9.17, 15) is 4.79 Å². The van der Waals surface area contributed by atoms with E-state index in [1.165, 1.54) is 5.56 Å². The molecule has 0 aliphatic carbocycles. The first-order valence-corrected chi connectivity index (χ1v) is 4.19. The van der Waals surface area contributed by atoms with Crippen molar-refractivity contribution in [1.82, 2.24) is 0 Å². The van der Waals surface area contributed by atoms with Gasteiger partial charge in [-0.1, -0.05) is 11.8 Å². The molecule has 0 unspecified atom stereocenters. The molecule has 1 rings (SSSR count). The molecule has 0 amide bonds. The van der Waals surface area contributed by atoms with Crippen molar-refractivity contribution in [2.45, 2.75) is 13.3 Å². The molecule has 0 saturated carbocycles. The van der Waals surface area contributed by atoms with Crippen LogP contribution in [0.15, 0.2) is 11.4 Å². The van der Waals surface area contributed by atoms with Crippen molar-refractivity contribution in [3.63, 3.8) is 0 Å². The van der Waals surface area contributed by atoms with E-state index in [0.29, 0.717) is 6.42 Å². The molecule has 1 nitrogen and oxygen atoms in total. The lowest BCUT2D eigenvalue weighted by Crippen LogP contribution is -1.71. The Morgan fingerprint density at radius 2 is 2.55 bits per heavy atom. The summed E-state index contributed by atoms with van der Waals surface area (Å²) in [6.07, 6.45) is 1.15. The number of hydrogen-bond acceptors (Lipinski definition) is 2. The molecule has 0 aliphatic heterocycles. The summed E-state index contributed by atoms with van der Waals surface area (Å²) in [7, 11) is 0. The fraction of sp³-hybridized carbons (Fsp3) is 0.222. The quantitative estimate of drug-likeness (QED) is 0.458. The van der Waals surface area contributed by atoms with Gasteiger partial charge in [-0.05, 0) is 23.9 Å². The van der Waals surface area contributed by atoms with Crippen LogP contribution in [0.2, 0.25) is 0 Å². The minimum Gasteiger partial charge on any atom is -0.302 e. The van der Waals surface area contributed by atoms with Gasteiger partial charge in [-0.25, -0.2) is 0 Å². The van der Waals surface area contributed by atoms with E-state index in [4.69, 9.17) is 0 Å². The van der Waals surface area contributed by atoms with Gasteiger partial charge in [-0.15, -0.1) is 11.3 Å². The second-order valence-electron chi connectivity index (χ2n) is 2.11. The van der Waals surface area contributed by atoms with E-state index < -0.39 is 0 Å². The van der Waals surface area contributed by atoms with E-state index in [-0.39, 0.29) is 0 Å². The predicted octanol–water partition coefficient (Wildman–Crippen LogP) is 2.00. The Labute approximate surface area is 70.1 Å². The van der Waals surface area contributed by atoms with Crippen LogP contribution < -0.4 is 0 Å². The SMILES string of the molecule is Cc1ccsc1C#CCC=O. The van der Waals surface area contributed by atoms with Crippen LogP contribution in [0.3, 0.4) is 0 Å². The third-order valence-corrected chi connectivity index (χ3v) is 2.18. The minimum absolute atomic E-state index is 0.331. The molecule has 0 aromatic carbocycles. The lowest BCUT2D eigenvalue weighted by molar-refractivity contribution is -0.107. The summed E-state index contributed by atoms with van der Waals surface area (Å²) in [6, 6.07) is 2.02. The van der Waals surface area contributed by atoms with Gasteiger partial charge in [0.2, 0.25) is 0 Å². The van der Waals surface area contributed by atoms with Crippen molar-refractivity contribution in [2.24, 2.45) is 0 Å². The summed E-state index contributed by atoms with van der Waals surface area (Å²) in [6.45, 7) is 2.02. The summed E-state index contributed by atoms with van der Waals surface area (Å²) < 4.78 is 0. The van der Waals surface area contributed by atoms with E-state index >= 15 is 0 Å². The van der Waals surface area contributed by atoms with Crippen LogP contribution in [0.4, 0.5) is 0 Å². The maximum atomic E-state index is 9.92. The van der Waals surface area contributed by atoms with E-state index in [2.05, 4.69) is 11.8 Å². The Bertz CT molecular complexity index is 301. The number of aryl methyl sites for hydroxylation is 1. The third kappa shape index (κ3) is 2.21. The fourth-order valence-corrected chi connectivity index (χ4v) is 1.47. The number of aldehydes is 1. The summed E-state index contributed by atoms with van der Waals surface area (Å²) in [5.41, 5.74) is 1.19. The molecular formula is C9H8OS. The van der Waals surface area contributed by atoms with Crippen LogP contribution in [-0.4, -0.2) is 6.29 Å². The van der Waals surface area contributed by atoms with Gasteiger partial charge < -0.3 is 4.79 Å². The molecule has 0 N–H and O–H groups in total. The maximum absolute atomic E-state index is 9.92. The Morgan fingerprint density at radius 1 is 1.73 bits per heavy atom. The molecule has 0 bridgehead atoms. The second-order valence-corrected chi connectivity index (χ2v) is 3.02. The predicted molar refractivity (Wildman–Crippen MR) is 46.6 cm³/mol. The smallest absolute Gasteiger partial charge is 0.131 e. The van der Waals surface area contributed by atoms with Gasteiger partial charge in [-0.3, -0.25) is 0 Å². The number of carbonyl (C=O) groups excluding carboxylic acids is 1. The molecule has 0 radical (unpaired) electrons. The number of rotatable bonds is 1. The molecule has 0 atom stereocenters. The first-order chi connectivity index (χ1) is 5.34. The zero-order valence-corrected chi connectivity index (χ0v) is 7.07. The highest BCUT2D eigenvalue weighted by atomic mass is 32.1. The Hall–Kier alpha value is -1.07. The lowest BCUT2D eigenvalue weighted by atomic mass is 10.3. The van der Waals surface area contributed by atoms with Crippen LogP contribution in [0, 0.1) is 18.8 Å². The Morgan fingerprint density at radius 3 is 3.09 bits per heavy atom. The maximum Gasteiger partial charge on any atom is 0.131 e. The van der Waals surface area contributed by atoms with Crippen LogP contribution in [0.1, 0.15) is 16.9 Å². The summed E-state index contributed by atoms with van der Waals surface area (Å²) in [5.74, 6) is 5.70. The zero-order valence-electron chi connectivity index (χ0n) is 6.26. The van der Waals surface area contributed by atoms with Crippen LogP contribution >= 0.6 is 11.3 Å². The molecule has 11 heavy (non-hydrogen) atoms. The molecular weight excluding hydrogens is 156 g/mol. The van der Waals surface area contributed by atoms with Crippen molar-refractivity contribution in [3.8, 4) is 11.8 Å². The average Bonchev–Trinajstić information content (AvgIpc) is 2.37. The Kier molecular flexibility index (Phi) is 2.88. The van der Waals surface area contributed by atoms with Crippen LogP contribution in [0.5, 0.6) is 0 Å². The van der Waals surface area contributed by atoms with Gasteiger partial charge in [-0.2, -0.15) is 0 Å². The lowest BCUT2D eigenvalue weighted by Gasteiger charge is -1.81. The highest BCUT2D eigenvalue weighted by Crippen LogP contribution is 2.13. The monoisotopic (exact) mass is 164 g/mol. The van der Waals surface area contributed by atoms with Crippen molar-refractivity contribution < 1.29 is 4.79 Å². The van der Waals surface area contributed by atoms with Gasteiger partial charge in [0.25, 0.3) is 0 Å². The fourth-order valence-electron chi connectivity index (χ4n) is 0.674. The molecule has 1 aromatic rings. The van der Waals surface area contributed by atoms with Gasteiger partial charge >= 0.3 is 0 Å². The van der Waals surface area contributed by atoms with Crippen LogP contribution in [0.25, 0.3) is 0 Å². The Balaban J connectivity index is 2.72. The normalized spacial score (nSPS) is 8.45. The molecule has 0 aliphatic rings. The molecule has 0 spiro atoms. The molecule has 0 fully saturated rings. The van der Waals surface area contributed by atoms with Crippen molar-refractivity contribution in [2.75, 3.05) is 0 Å². The molecule has 2 heteroatoms. The standard InChI is InChI=1S/C9H8OS/c1-8-5-7-11-9(8)4-2-3-6-10/h5-7H,3H2,1H3. The van der Waals surface area contributed by atoms with Crippen molar-refractivity contribution in [3.05, 3.63) is 21.9 Å². The molecule has 0 saturated heterocycles. The van der Waals surface area contributed by atoms with Gasteiger partial charge in [0, 0.05) is 0 Å². The highest BCUT2D eigenvalue weighted by Gasteiger charge is 1.92. The average molecular weight is 164 g/mol. The molecule has 1 aromatic heterocycles. The number of thiophene rings is 1. The molecule has 1 heterocycles. The first kappa shape index (κ1) is 8.03. The zero-order chi connectivity index (χ0) is 8.10.